The molecule has 0 aromatic heterocycles. The van der Waals surface area contributed by atoms with E-state index in [2.05, 4.69) is 154 Å². The van der Waals surface area contributed by atoms with Gasteiger partial charge in [-0.2, -0.15) is 0 Å². The lowest BCUT2D eigenvalue weighted by Gasteiger charge is -2.18. The van der Waals surface area contributed by atoms with Gasteiger partial charge in [0.15, 0.2) is 6.10 Å². The minimum Gasteiger partial charge on any atom is -0.462 e. The number of hydrogen-bond acceptors (Lipinski definition) is 6. The van der Waals surface area contributed by atoms with E-state index in [1.165, 1.54) is 51.4 Å². The van der Waals surface area contributed by atoms with Crippen LogP contribution in [0, 0.1) is 0 Å². The van der Waals surface area contributed by atoms with Gasteiger partial charge in [0.2, 0.25) is 0 Å². The van der Waals surface area contributed by atoms with Crippen molar-refractivity contribution in [1.29, 1.82) is 0 Å². The third-order valence-electron chi connectivity index (χ3n) is 12.1. The Hall–Kier alpha value is -4.45. The molecule has 0 saturated heterocycles. The average Bonchev–Trinajstić information content (AvgIpc) is 3.39. The molecule has 73 heavy (non-hydrogen) atoms. The van der Waals surface area contributed by atoms with Crippen LogP contribution in [0.3, 0.4) is 0 Å². The Morgan fingerprint density at radius 1 is 0.288 bits per heavy atom. The molecule has 0 aromatic rings. The van der Waals surface area contributed by atoms with Crippen molar-refractivity contribution in [3.05, 3.63) is 134 Å². The van der Waals surface area contributed by atoms with Crippen LogP contribution >= 0.6 is 0 Å². The molecule has 0 radical (unpaired) electrons. The second-order valence-electron chi connectivity index (χ2n) is 19.2. The summed E-state index contributed by atoms with van der Waals surface area (Å²) in [7, 11) is 0. The van der Waals surface area contributed by atoms with Gasteiger partial charge in [0.05, 0.1) is 0 Å². The van der Waals surface area contributed by atoms with E-state index in [1.54, 1.807) is 0 Å². The zero-order valence-corrected chi connectivity index (χ0v) is 47.1. The highest BCUT2D eigenvalue weighted by molar-refractivity contribution is 5.71. The smallest absolute Gasteiger partial charge is 0.306 e. The van der Waals surface area contributed by atoms with Crippen LogP contribution in [-0.4, -0.2) is 37.2 Å². The molecule has 1 unspecified atom stereocenters. The summed E-state index contributed by atoms with van der Waals surface area (Å²) in [5, 5.41) is 0. The monoisotopic (exact) mass is 1010 g/mol. The molecular formula is C67H108O6. The van der Waals surface area contributed by atoms with Crippen LogP contribution in [0.2, 0.25) is 0 Å². The summed E-state index contributed by atoms with van der Waals surface area (Å²) in [5.41, 5.74) is 0. The topological polar surface area (TPSA) is 78.9 Å². The summed E-state index contributed by atoms with van der Waals surface area (Å²) < 4.78 is 16.8. The fraction of sp³-hybridized carbons (Fsp3) is 0.627. The normalized spacial score (nSPS) is 13.1. The molecule has 0 aromatic carbocycles. The SMILES string of the molecule is CC/C=C\C/C=C\C/C=C\C/C=C\C/C=C\C/C=C\C/C=C\C/C=C\C/C=C\CCCCCCCC(=O)OCC(COC(=O)CCCCCCCCCC)OC(=O)CCCCCCC/C=C\C/C=C\CCCC. The molecule has 0 N–H and O–H groups in total. The van der Waals surface area contributed by atoms with Gasteiger partial charge in [-0.3, -0.25) is 14.4 Å². The molecule has 0 amide bonds. The molecule has 0 bridgehead atoms. The molecule has 6 nitrogen and oxygen atoms in total. The van der Waals surface area contributed by atoms with Crippen molar-refractivity contribution in [2.45, 2.75) is 258 Å². The summed E-state index contributed by atoms with van der Waals surface area (Å²) in [6.07, 6.45) is 84.6. The second kappa shape index (κ2) is 60.1. The van der Waals surface area contributed by atoms with Crippen LogP contribution in [0.4, 0.5) is 0 Å². The first-order valence-electron chi connectivity index (χ1n) is 29.7. The van der Waals surface area contributed by atoms with Gasteiger partial charge >= 0.3 is 17.9 Å². The maximum Gasteiger partial charge on any atom is 0.306 e. The Morgan fingerprint density at radius 2 is 0.548 bits per heavy atom. The highest BCUT2D eigenvalue weighted by Gasteiger charge is 2.19. The molecule has 6 heteroatoms. The van der Waals surface area contributed by atoms with Crippen molar-refractivity contribution >= 4 is 17.9 Å². The molecule has 0 rings (SSSR count). The van der Waals surface area contributed by atoms with Gasteiger partial charge in [0.25, 0.3) is 0 Å². The Kier molecular flexibility index (Phi) is 56.4. The van der Waals surface area contributed by atoms with Crippen LogP contribution in [0.1, 0.15) is 252 Å². The molecule has 1 atom stereocenters. The second-order valence-corrected chi connectivity index (χ2v) is 19.2. The lowest BCUT2D eigenvalue weighted by Crippen LogP contribution is -2.30. The van der Waals surface area contributed by atoms with Gasteiger partial charge in [-0.05, 0) is 116 Å². The van der Waals surface area contributed by atoms with E-state index >= 15 is 0 Å². The number of hydrogen-bond donors (Lipinski definition) is 0. The summed E-state index contributed by atoms with van der Waals surface area (Å²) in [6, 6.07) is 0. The van der Waals surface area contributed by atoms with E-state index in [0.717, 1.165) is 161 Å². The maximum absolute atomic E-state index is 12.8. The lowest BCUT2D eigenvalue weighted by atomic mass is 10.1. The Labute approximate surface area is 449 Å². The standard InChI is InChI=1S/C67H108O6/c1-4-7-10-13-16-19-21-23-25-26-27-28-29-30-31-32-33-34-35-36-37-38-39-40-41-42-43-45-46-48-51-54-57-60-66(69)72-63-64(62-71-65(68)59-56-53-50-18-15-12-9-6-3)73-67(70)61-58-55-52-49-47-44-24-22-20-17-14-11-8-5-2/h7,10,14,16-17,19,22-25,27-28,30-31,33-34,36-37,39-40,42-43,64H,4-6,8-9,11-13,15,18,20-21,26,29,32,35,38,41,44-63H2,1-3H3/b10-7-,17-14-,19-16-,24-22-,25-23-,28-27-,31-30-,34-33-,37-36-,40-39-,43-42-. The third kappa shape index (κ3) is 58.3. The van der Waals surface area contributed by atoms with E-state index in [-0.39, 0.29) is 31.1 Å². The van der Waals surface area contributed by atoms with Crippen molar-refractivity contribution in [3.63, 3.8) is 0 Å². The van der Waals surface area contributed by atoms with Gasteiger partial charge < -0.3 is 14.2 Å². The molecule has 0 heterocycles. The number of carbonyl (C=O) groups excluding carboxylic acids is 3. The molecule has 0 fully saturated rings. The fourth-order valence-electron chi connectivity index (χ4n) is 7.69. The predicted octanol–water partition coefficient (Wildman–Crippen LogP) is 20.2. The van der Waals surface area contributed by atoms with E-state index in [4.69, 9.17) is 14.2 Å². The quantitative estimate of drug-likeness (QED) is 0.0261. The first-order valence-corrected chi connectivity index (χ1v) is 29.7. The summed E-state index contributed by atoms with van der Waals surface area (Å²) in [5.74, 6) is -0.935. The Morgan fingerprint density at radius 3 is 0.877 bits per heavy atom. The number of allylic oxidation sites excluding steroid dienone is 22. The van der Waals surface area contributed by atoms with Crippen LogP contribution in [0.25, 0.3) is 0 Å². The van der Waals surface area contributed by atoms with Crippen LogP contribution in [0.5, 0.6) is 0 Å². The van der Waals surface area contributed by atoms with Gasteiger partial charge in [-0.1, -0.05) is 251 Å². The van der Waals surface area contributed by atoms with Gasteiger partial charge in [0.1, 0.15) is 13.2 Å². The number of rotatable bonds is 52. The minimum absolute atomic E-state index is 0.0920. The van der Waals surface area contributed by atoms with E-state index in [1.807, 2.05) is 0 Å². The highest BCUT2D eigenvalue weighted by Crippen LogP contribution is 2.14. The largest absolute Gasteiger partial charge is 0.462 e. The zero-order valence-electron chi connectivity index (χ0n) is 47.1. The van der Waals surface area contributed by atoms with Crippen molar-refractivity contribution in [2.24, 2.45) is 0 Å². The van der Waals surface area contributed by atoms with Gasteiger partial charge in [-0.15, -0.1) is 0 Å². The molecular weight excluding hydrogens is 901 g/mol. The Bertz CT molecular complexity index is 1580. The van der Waals surface area contributed by atoms with E-state index in [0.29, 0.717) is 19.3 Å². The first kappa shape index (κ1) is 68.6. The Balaban J connectivity index is 4.23. The van der Waals surface area contributed by atoms with Crippen LogP contribution in [-0.2, 0) is 28.6 Å². The van der Waals surface area contributed by atoms with Crippen molar-refractivity contribution in [3.8, 4) is 0 Å². The number of ether oxygens (including phenoxy) is 3. The number of carbonyl (C=O) groups is 3. The van der Waals surface area contributed by atoms with Crippen LogP contribution in [0.15, 0.2) is 134 Å². The van der Waals surface area contributed by atoms with E-state index < -0.39 is 6.10 Å². The summed E-state index contributed by atoms with van der Waals surface area (Å²) >= 11 is 0. The average molecular weight is 1010 g/mol. The maximum atomic E-state index is 12.8. The molecule has 0 spiro atoms. The van der Waals surface area contributed by atoms with Crippen molar-refractivity contribution < 1.29 is 28.6 Å². The van der Waals surface area contributed by atoms with Crippen molar-refractivity contribution in [1.82, 2.24) is 0 Å². The lowest BCUT2D eigenvalue weighted by molar-refractivity contribution is -0.167. The van der Waals surface area contributed by atoms with E-state index in [9.17, 15) is 14.4 Å². The number of unbranched alkanes of at least 4 members (excludes halogenated alkanes) is 19. The molecule has 0 saturated carbocycles. The van der Waals surface area contributed by atoms with Gasteiger partial charge in [-0.25, -0.2) is 0 Å². The minimum atomic E-state index is -0.794. The summed E-state index contributed by atoms with van der Waals surface area (Å²) in [6.45, 7) is 6.41. The highest BCUT2D eigenvalue weighted by atomic mass is 16.6. The van der Waals surface area contributed by atoms with Crippen LogP contribution < -0.4 is 0 Å². The predicted molar refractivity (Wildman–Crippen MR) is 316 cm³/mol. The number of esters is 3. The molecule has 0 aliphatic rings. The van der Waals surface area contributed by atoms with Crippen molar-refractivity contribution in [2.75, 3.05) is 13.2 Å². The van der Waals surface area contributed by atoms with Gasteiger partial charge in [0, 0.05) is 19.3 Å². The summed E-state index contributed by atoms with van der Waals surface area (Å²) in [4.78, 5) is 38.0. The molecule has 0 aliphatic heterocycles. The fourth-order valence-corrected chi connectivity index (χ4v) is 7.69. The third-order valence-corrected chi connectivity index (χ3v) is 12.1. The molecule has 412 valence electrons. The zero-order chi connectivity index (χ0) is 52.9. The molecule has 0 aliphatic carbocycles. The first-order chi connectivity index (χ1) is 36.0.